The minimum absolute atomic E-state index is 0.0385. The van der Waals surface area contributed by atoms with Gasteiger partial charge in [0.25, 0.3) is 5.91 Å². The van der Waals surface area contributed by atoms with Crippen molar-refractivity contribution in [2.24, 2.45) is 0 Å². The van der Waals surface area contributed by atoms with E-state index in [1.54, 1.807) is 0 Å². The zero-order valence-electron chi connectivity index (χ0n) is 14.8. The van der Waals surface area contributed by atoms with Crippen LogP contribution >= 0.6 is 12.2 Å². The third-order valence-electron chi connectivity index (χ3n) is 4.31. The van der Waals surface area contributed by atoms with Crippen LogP contribution in [0.4, 0.5) is 11.4 Å². The molecular weight excluding hydrogens is 346 g/mol. The summed E-state index contributed by atoms with van der Waals surface area (Å²) in [5.41, 5.74) is 3.74. The molecule has 0 aliphatic carbocycles. The first-order valence-electron chi connectivity index (χ1n) is 8.80. The van der Waals surface area contributed by atoms with Gasteiger partial charge in [-0.2, -0.15) is 0 Å². The number of carbonyl (C=O) groups is 1. The minimum atomic E-state index is 0.0385. The van der Waals surface area contributed by atoms with Gasteiger partial charge in [-0.3, -0.25) is 4.79 Å². The van der Waals surface area contributed by atoms with Crippen LogP contribution in [0.25, 0.3) is 0 Å². The van der Waals surface area contributed by atoms with Gasteiger partial charge in [0.15, 0.2) is 5.11 Å². The number of rotatable bonds is 4. The second-order valence-electron chi connectivity index (χ2n) is 6.11. The van der Waals surface area contributed by atoms with Crippen molar-refractivity contribution in [2.45, 2.75) is 13.3 Å². The smallest absolute Gasteiger partial charge is 0.254 e. The molecule has 1 heterocycles. The van der Waals surface area contributed by atoms with E-state index < -0.39 is 0 Å². The van der Waals surface area contributed by atoms with Crippen molar-refractivity contribution in [2.75, 3.05) is 36.9 Å². The first kappa shape index (κ1) is 18.4. The van der Waals surface area contributed by atoms with E-state index in [0.29, 0.717) is 37.0 Å². The normalized spacial score (nSPS) is 14.0. The first-order chi connectivity index (χ1) is 12.7. The highest BCUT2D eigenvalue weighted by atomic mass is 32.1. The van der Waals surface area contributed by atoms with Crippen LogP contribution in [0.1, 0.15) is 22.8 Å². The van der Waals surface area contributed by atoms with Gasteiger partial charge in [-0.1, -0.05) is 19.1 Å². The van der Waals surface area contributed by atoms with Crippen LogP contribution in [-0.4, -0.2) is 42.2 Å². The maximum absolute atomic E-state index is 12.4. The predicted molar refractivity (Wildman–Crippen MR) is 109 cm³/mol. The zero-order valence-corrected chi connectivity index (χ0v) is 15.6. The fourth-order valence-corrected chi connectivity index (χ4v) is 3.00. The SMILES string of the molecule is CCc1ccc(NC(=S)Nc2ccc(C(=O)N3CCOCC3)cc2)cc1. The van der Waals surface area contributed by atoms with E-state index in [1.165, 1.54) is 5.56 Å². The molecule has 2 aromatic carbocycles. The molecule has 1 aliphatic heterocycles. The van der Waals surface area contributed by atoms with Gasteiger partial charge in [-0.25, -0.2) is 0 Å². The highest BCUT2D eigenvalue weighted by Gasteiger charge is 2.18. The largest absolute Gasteiger partial charge is 0.378 e. The molecule has 0 spiro atoms. The number of nitrogens with one attached hydrogen (secondary N) is 2. The van der Waals surface area contributed by atoms with Gasteiger partial charge in [-0.15, -0.1) is 0 Å². The van der Waals surface area contributed by atoms with Gasteiger partial charge in [0.1, 0.15) is 0 Å². The molecule has 0 bridgehead atoms. The molecule has 0 atom stereocenters. The lowest BCUT2D eigenvalue weighted by molar-refractivity contribution is 0.0303. The van der Waals surface area contributed by atoms with E-state index in [1.807, 2.05) is 41.3 Å². The predicted octanol–water partition coefficient (Wildman–Crippen LogP) is 3.53. The zero-order chi connectivity index (χ0) is 18.4. The lowest BCUT2D eigenvalue weighted by atomic mass is 10.1. The van der Waals surface area contributed by atoms with E-state index in [2.05, 4.69) is 29.7 Å². The highest BCUT2D eigenvalue weighted by Crippen LogP contribution is 2.14. The molecule has 1 amide bonds. The second kappa shape index (κ2) is 8.78. The van der Waals surface area contributed by atoms with Crippen molar-refractivity contribution in [3.8, 4) is 0 Å². The Morgan fingerprint density at radius 3 is 2.08 bits per heavy atom. The van der Waals surface area contributed by atoms with E-state index >= 15 is 0 Å². The van der Waals surface area contributed by atoms with Crippen molar-refractivity contribution in [3.05, 3.63) is 59.7 Å². The Morgan fingerprint density at radius 2 is 1.54 bits per heavy atom. The third kappa shape index (κ3) is 4.80. The average Bonchev–Trinajstić information content (AvgIpc) is 2.69. The minimum Gasteiger partial charge on any atom is -0.378 e. The molecule has 2 N–H and O–H groups in total. The Morgan fingerprint density at radius 1 is 1.00 bits per heavy atom. The number of ether oxygens (including phenoxy) is 1. The van der Waals surface area contributed by atoms with E-state index in [9.17, 15) is 4.79 Å². The Balaban J connectivity index is 1.56. The van der Waals surface area contributed by atoms with Crippen LogP contribution in [-0.2, 0) is 11.2 Å². The van der Waals surface area contributed by atoms with Crippen molar-refractivity contribution < 1.29 is 9.53 Å². The van der Waals surface area contributed by atoms with Gasteiger partial charge in [-0.05, 0) is 60.6 Å². The number of aryl methyl sites for hydroxylation is 1. The van der Waals surface area contributed by atoms with Crippen LogP contribution in [0.2, 0.25) is 0 Å². The molecule has 0 saturated carbocycles. The molecule has 3 rings (SSSR count). The molecule has 0 radical (unpaired) electrons. The molecular formula is C20H23N3O2S. The van der Waals surface area contributed by atoms with Crippen molar-refractivity contribution in [3.63, 3.8) is 0 Å². The summed E-state index contributed by atoms with van der Waals surface area (Å²) in [7, 11) is 0. The van der Waals surface area contributed by atoms with Crippen molar-refractivity contribution in [1.82, 2.24) is 4.90 Å². The topological polar surface area (TPSA) is 53.6 Å². The number of morpholine rings is 1. The molecule has 1 aliphatic rings. The monoisotopic (exact) mass is 369 g/mol. The summed E-state index contributed by atoms with van der Waals surface area (Å²) in [5, 5.41) is 6.82. The lowest BCUT2D eigenvalue weighted by Crippen LogP contribution is -2.40. The molecule has 1 saturated heterocycles. The van der Waals surface area contributed by atoms with E-state index in [-0.39, 0.29) is 5.91 Å². The maximum atomic E-state index is 12.4. The van der Waals surface area contributed by atoms with Crippen LogP contribution in [0, 0.1) is 0 Å². The maximum Gasteiger partial charge on any atom is 0.254 e. The summed E-state index contributed by atoms with van der Waals surface area (Å²) in [5.74, 6) is 0.0385. The molecule has 1 fully saturated rings. The van der Waals surface area contributed by atoms with Gasteiger partial charge in [0.05, 0.1) is 13.2 Å². The fraction of sp³-hybridized carbons (Fsp3) is 0.300. The number of hydrogen-bond acceptors (Lipinski definition) is 3. The molecule has 6 heteroatoms. The molecule has 5 nitrogen and oxygen atoms in total. The van der Waals surface area contributed by atoms with Gasteiger partial charge in [0, 0.05) is 30.0 Å². The number of amides is 1. The molecule has 0 unspecified atom stereocenters. The Hall–Kier alpha value is -2.44. The Labute approximate surface area is 159 Å². The third-order valence-corrected chi connectivity index (χ3v) is 4.51. The number of nitrogens with zero attached hydrogens (tertiary/aromatic N) is 1. The molecule has 26 heavy (non-hydrogen) atoms. The van der Waals surface area contributed by atoms with Crippen molar-refractivity contribution in [1.29, 1.82) is 0 Å². The first-order valence-corrected chi connectivity index (χ1v) is 9.20. The van der Waals surface area contributed by atoms with Crippen LogP contribution in [0.3, 0.4) is 0 Å². The second-order valence-corrected chi connectivity index (χ2v) is 6.52. The summed E-state index contributed by atoms with van der Waals surface area (Å²) >= 11 is 5.35. The summed E-state index contributed by atoms with van der Waals surface area (Å²) in [6.07, 6.45) is 1.01. The van der Waals surface area contributed by atoms with Crippen LogP contribution in [0.15, 0.2) is 48.5 Å². The average molecular weight is 369 g/mol. The number of benzene rings is 2. The molecule has 2 aromatic rings. The molecule has 0 aromatic heterocycles. The number of anilines is 2. The van der Waals surface area contributed by atoms with Crippen LogP contribution < -0.4 is 10.6 Å². The van der Waals surface area contributed by atoms with E-state index in [0.717, 1.165) is 17.8 Å². The summed E-state index contributed by atoms with van der Waals surface area (Å²) in [6, 6.07) is 15.5. The highest BCUT2D eigenvalue weighted by molar-refractivity contribution is 7.80. The van der Waals surface area contributed by atoms with Gasteiger partial charge < -0.3 is 20.3 Å². The standard InChI is InChI=1S/C20H23N3O2S/c1-2-15-3-7-17(8-4-15)21-20(26)22-18-9-5-16(6-10-18)19(24)23-11-13-25-14-12-23/h3-10H,2,11-14H2,1H3,(H2,21,22,26). The summed E-state index contributed by atoms with van der Waals surface area (Å²) in [4.78, 5) is 14.3. The van der Waals surface area contributed by atoms with E-state index in [4.69, 9.17) is 17.0 Å². The fourth-order valence-electron chi connectivity index (χ4n) is 2.76. The van der Waals surface area contributed by atoms with Gasteiger partial charge in [0.2, 0.25) is 0 Å². The quantitative estimate of drug-likeness (QED) is 0.808. The number of carbonyl (C=O) groups excluding carboxylic acids is 1. The Kier molecular flexibility index (Phi) is 6.20. The lowest BCUT2D eigenvalue weighted by Gasteiger charge is -2.26. The number of hydrogen-bond donors (Lipinski definition) is 2. The van der Waals surface area contributed by atoms with Gasteiger partial charge >= 0.3 is 0 Å². The molecule has 136 valence electrons. The summed E-state index contributed by atoms with van der Waals surface area (Å²) < 4.78 is 5.29. The summed E-state index contributed by atoms with van der Waals surface area (Å²) in [6.45, 7) is 4.62. The van der Waals surface area contributed by atoms with Crippen LogP contribution in [0.5, 0.6) is 0 Å². The Bertz CT molecular complexity index is 754. The van der Waals surface area contributed by atoms with Crippen molar-refractivity contribution >= 4 is 34.6 Å². The number of thiocarbonyl (C=S) groups is 1.